The first kappa shape index (κ1) is 17.6. The molecule has 0 radical (unpaired) electrons. The van der Waals surface area contributed by atoms with Crippen LogP contribution in [0.4, 0.5) is 4.79 Å². The molecule has 1 fully saturated rings. The summed E-state index contributed by atoms with van der Waals surface area (Å²) < 4.78 is 5.78. The molecule has 0 spiro atoms. The normalized spacial score (nSPS) is 15.5. The fourth-order valence-corrected chi connectivity index (χ4v) is 3.32. The highest BCUT2D eigenvalue weighted by molar-refractivity contribution is 8.18. The van der Waals surface area contributed by atoms with E-state index in [4.69, 9.17) is 16.3 Å². The fraction of sp³-hybridized carbons (Fsp3) is 0.158. The van der Waals surface area contributed by atoms with Gasteiger partial charge in [-0.25, -0.2) is 0 Å². The Morgan fingerprint density at radius 2 is 1.88 bits per heavy atom. The Labute approximate surface area is 155 Å². The number of amides is 2. The molecule has 1 heterocycles. The Kier molecular flexibility index (Phi) is 5.79. The van der Waals surface area contributed by atoms with Gasteiger partial charge < -0.3 is 4.74 Å². The van der Waals surface area contributed by atoms with Crippen LogP contribution in [0.1, 0.15) is 17.5 Å². The smallest absolute Gasteiger partial charge is 0.290 e. The molecule has 4 nitrogen and oxygen atoms in total. The number of aryl methyl sites for hydroxylation is 1. The van der Waals surface area contributed by atoms with Crippen LogP contribution in [-0.2, 0) is 11.2 Å². The van der Waals surface area contributed by atoms with Crippen molar-refractivity contribution < 1.29 is 14.3 Å². The Balaban J connectivity index is 1.62. The van der Waals surface area contributed by atoms with Gasteiger partial charge in [-0.15, -0.1) is 0 Å². The van der Waals surface area contributed by atoms with E-state index in [9.17, 15) is 9.59 Å². The first-order valence-corrected chi connectivity index (χ1v) is 9.03. The lowest BCUT2D eigenvalue weighted by Crippen LogP contribution is -2.17. The zero-order valence-electron chi connectivity index (χ0n) is 13.3. The van der Waals surface area contributed by atoms with Gasteiger partial charge in [-0.3, -0.25) is 14.9 Å². The van der Waals surface area contributed by atoms with E-state index in [1.165, 1.54) is 5.56 Å². The molecule has 128 valence electrons. The first-order valence-electron chi connectivity index (χ1n) is 7.83. The molecular formula is C19H16ClNO3S. The number of halogens is 1. The van der Waals surface area contributed by atoms with Crippen molar-refractivity contribution in [3.63, 3.8) is 0 Å². The monoisotopic (exact) mass is 373 g/mol. The summed E-state index contributed by atoms with van der Waals surface area (Å²) >= 11 is 7.24. The maximum atomic E-state index is 11.6. The van der Waals surface area contributed by atoms with Gasteiger partial charge in [-0.2, -0.15) is 0 Å². The van der Waals surface area contributed by atoms with Crippen LogP contribution >= 0.6 is 23.4 Å². The molecule has 2 aromatic rings. The van der Waals surface area contributed by atoms with Crippen molar-refractivity contribution in [3.8, 4) is 5.75 Å². The average Bonchev–Trinajstić information content (AvgIpc) is 2.93. The van der Waals surface area contributed by atoms with Crippen LogP contribution in [0.5, 0.6) is 5.75 Å². The van der Waals surface area contributed by atoms with Crippen LogP contribution in [0.3, 0.4) is 0 Å². The quantitative estimate of drug-likeness (QED) is 0.590. The molecule has 0 aromatic heterocycles. The van der Waals surface area contributed by atoms with Gasteiger partial charge >= 0.3 is 0 Å². The molecule has 2 aromatic carbocycles. The second-order valence-corrected chi connectivity index (χ2v) is 6.84. The van der Waals surface area contributed by atoms with Crippen LogP contribution in [0, 0.1) is 0 Å². The van der Waals surface area contributed by atoms with Gasteiger partial charge in [0, 0.05) is 0 Å². The Morgan fingerprint density at radius 1 is 1.08 bits per heavy atom. The van der Waals surface area contributed by atoms with Gasteiger partial charge in [0.25, 0.3) is 11.1 Å². The SMILES string of the molecule is O=C1NC(=O)/C(=C\c2cccc(OCCCc3ccccc3)c2Cl)S1. The van der Waals surface area contributed by atoms with Crippen molar-refractivity contribution in [2.75, 3.05) is 6.61 Å². The number of carbonyl (C=O) groups is 2. The maximum Gasteiger partial charge on any atom is 0.290 e. The number of rotatable bonds is 6. The molecule has 2 amide bonds. The number of hydrogen-bond donors (Lipinski definition) is 1. The van der Waals surface area contributed by atoms with Crippen molar-refractivity contribution in [2.45, 2.75) is 12.8 Å². The summed E-state index contributed by atoms with van der Waals surface area (Å²) in [5.74, 6) is 0.166. The molecule has 0 atom stereocenters. The van der Waals surface area contributed by atoms with Crippen molar-refractivity contribution in [1.29, 1.82) is 0 Å². The third kappa shape index (κ3) is 4.65. The maximum absolute atomic E-state index is 11.6. The molecule has 25 heavy (non-hydrogen) atoms. The summed E-state index contributed by atoms with van der Waals surface area (Å²) in [6.45, 7) is 0.544. The number of benzene rings is 2. The minimum absolute atomic E-state index is 0.327. The van der Waals surface area contributed by atoms with Gasteiger partial charge in [0.2, 0.25) is 0 Å². The van der Waals surface area contributed by atoms with E-state index in [0.717, 1.165) is 24.6 Å². The lowest BCUT2D eigenvalue weighted by atomic mass is 10.1. The molecule has 0 aliphatic carbocycles. The summed E-state index contributed by atoms with van der Waals surface area (Å²) in [7, 11) is 0. The molecule has 1 saturated heterocycles. The van der Waals surface area contributed by atoms with Crippen molar-refractivity contribution in [1.82, 2.24) is 5.32 Å². The minimum atomic E-state index is -0.403. The fourth-order valence-electron chi connectivity index (χ4n) is 2.42. The van der Waals surface area contributed by atoms with Gasteiger partial charge in [-0.1, -0.05) is 54.1 Å². The number of nitrogens with one attached hydrogen (secondary N) is 1. The van der Waals surface area contributed by atoms with E-state index in [1.807, 2.05) is 24.3 Å². The van der Waals surface area contributed by atoms with Crippen LogP contribution in [0.15, 0.2) is 53.4 Å². The topological polar surface area (TPSA) is 55.4 Å². The predicted molar refractivity (Wildman–Crippen MR) is 101 cm³/mol. The second kappa shape index (κ2) is 8.23. The first-order chi connectivity index (χ1) is 12.1. The van der Waals surface area contributed by atoms with E-state index in [0.29, 0.717) is 27.8 Å². The molecule has 0 bridgehead atoms. The highest BCUT2D eigenvalue weighted by atomic mass is 35.5. The third-order valence-electron chi connectivity index (χ3n) is 3.63. The van der Waals surface area contributed by atoms with Gasteiger partial charge in [0.05, 0.1) is 16.5 Å². The lowest BCUT2D eigenvalue weighted by molar-refractivity contribution is -0.115. The Bertz CT molecular complexity index is 821. The summed E-state index contributed by atoms with van der Waals surface area (Å²) in [6.07, 6.45) is 3.41. The molecule has 3 rings (SSSR count). The molecule has 1 aliphatic heterocycles. The highest BCUT2D eigenvalue weighted by Gasteiger charge is 2.25. The summed E-state index contributed by atoms with van der Waals surface area (Å²) in [4.78, 5) is 23.2. The van der Waals surface area contributed by atoms with Crippen molar-refractivity contribution >= 4 is 40.6 Å². The Hall–Kier alpha value is -2.24. The zero-order valence-corrected chi connectivity index (χ0v) is 14.9. The molecule has 6 heteroatoms. The summed E-state index contributed by atoms with van der Waals surface area (Å²) in [5.41, 5.74) is 1.92. The highest BCUT2D eigenvalue weighted by Crippen LogP contribution is 2.33. The second-order valence-electron chi connectivity index (χ2n) is 5.45. The van der Waals surface area contributed by atoms with Gasteiger partial charge in [-0.05, 0) is 47.9 Å². The molecule has 1 aliphatic rings. The number of imide groups is 1. The average molecular weight is 374 g/mol. The lowest BCUT2D eigenvalue weighted by Gasteiger charge is -2.10. The number of thioether (sulfide) groups is 1. The van der Waals surface area contributed by atoms with Crippen molar-refractivity contribution in [3.05, 3.63) is 69.6 Å². The molecular weight excluding hydrogens is 358 g/mol. The number of carbonyl (C=O) groups excluding carboxylic acids is 2. The minimum Gasteiger partial charge on any atom is -0.492 e. The summed E-state index contributed by atoms with van der Waals surface area (Å²) in [6, 6.07) is 15.6. The van der Waals surface area contributed by atoms with Crippen LogP contribution in [0.25, 0.3) is 6.08 Å². The standard InChI is InChI=1S/C19H16ClNO3S/c20-17-14(12-16-18(22)21-19(23)25-16)9-4-10-15(17)24-11-5-8-13-6-2-1-3-7-13/h1-4,6-7,9-10,12H,5,8,11H2,(H,21,22,23)/b16-12+. The predicted octanol–water partition coefficient (Wildman–Crippen LogP) is 4.68. The van der Waals surface area contributed by atoms with Gasteiger partial charge in [0.1, 0.15) is 5.75 Å². The van der Waals surface area contributed by atoms with E-state index in [1.54, 1.807) is 18.2 Å². The third-order valence-corrected chi connectivity index (χ3v) is 4.85. The van der Waals surface area contributed by atoms with Crippen LogP contribution in [0.2, 0.25) is 5.02 Å². The van der Waals surface area contributed by atoms with Gasteiger partial charge in [0.15, 0.2) is 0 Å². The van der Waals surface area contributed by atoms with Crippen LogP contribution < -0.4 is 10.1 Å². The summed E-state index contributed by atoms with van der Waals surface area (Å²) in [5, 5.41) is 2.28. The van der Waals surface area contributed by atoms with E-state index in [-0.39, 0.29) is 5.24 Å². The van der Waals surface area contributed by atoms with Crippen molar-refractivity contribution in [2.24, 2.45) is 0 Å². The molecule has 0 unspecified atom stereocenters. The van der Waals surface area contributed by atoms with E-state index in [2.05, 4.69) is 17.4 Å². The number of hydrogen-bond acceptors (Lipinski definition) is 4. The number of ether oxygens (including phenoxy) is 1. The van der Waals surface area contributed by atoms with E-state index >= 15 is 0 Å². The molecule has 1 N–H and O–H groups in total. The van der Waals surface area contributed by atoms with E-state index < -0.39 is 5.91 Å². The largest absolute Gasteiger partial charge is 0.492 e. The van der Waals surface area contributed by atoms with Crippen LogP contribution in [-0.4, -0.2) is 17.8 Å². The zero-order chi connectivity index (χ0) is 17.6. The Morgan fingerprint density at radius 3 is 2.60 bits per heavy atom. The molecule has 0 saturated carbocycles.